The van der Waals surface area contributed by atoms with Crippen LogP contribution in [-0.4, -0.2) is 53.6 Å². The van der Waals surface area contributed by atoms with Crippen LogP contribution in [0.3, 0.4) is 0 Å². The molecule has 1 aliphatic rings. The number of benzene rings is 1. The Morgan fingerprint density at radius 1 is 1.23 bits per heavy atom. The number of likely N-dealkylation sites (N-methyl/N-ethyl adjacent to an activating group) is 1. The predicted molar refractivity (Wildman–Crippen MR) is 84.7 cm³/mol. The first-order chi connectivity index (χ1) is 10.3. The van der Waals surface area contributed by atoms with Gasteiger partial charge in [-0.2, -0.15) is 0 Å². The highest BCUT2D eigenvalue weighted by atomic mass is 16.6. The first kappa shape index (κ1) is 16.3. The number of likely N-dealkylation sites (tertiary alicyclic amines) is 1. The predicted octanol–water partition coefficient (Wildman–Crippen LogP) is 2.77. The van der Waals surface area contributed by atoms with Gasteiger partial charge in [-0.05, 0) is 39.3 Å². The lowest BCUT2D eigenvalue weighted by Gasteiger charge is -2.28. The Morgan fingerprint density at radius 3 is 2.45 bits per heavy atom. The molecule has 0 aromatic heterocycles. The normalized spacial score (nSPS) is 18.2. The minimum Gasteiger partial charge on any atom is -0.444 e. The van der Waals surface area contributed by atoms with Crippen molar-refractivity contribution in [3.05, 3.63) is 35.9 Å². The number of hydrogen-bond donors (Lipinski definition) is 0. The van der Waals surface area contributed by atoms with E-state index in [1.165, 1.54) is 0 Å². The van der Waals surface area contributed by atoms with Gasteiger partial charge in [0.1, 0.15) is 5.60 Å². The first-order valence-electron chi connectivity index (χ1n) is 7.58. The van der Waals surface area contributed by atoms with E-state index in [0.29, 0.717) is 18.7 Å². The summed E-state index contributed by atoms with van der Waals surface area (Å²) in [5.74, 6) is 0.0145. The SMILES string of the molecule is CN(C(=O)OC(C)(C)C)C1CCN(C(=O)c2ccccc2)C1. The van der Waals surface area contributed by atoms with Crippen molar-refractivity contribution in [3.8, 4) is 0 Å². The van der Waals surface area contributed by atoms with E-state index in [-0.39, 0.29) is 18.0 Å². The van der Waals surface area contributed by atoms with Crippen molar-refractivity contribution < 1.29 is 14.3 Å². The molecular weight excluding hydrogens is 280 g/mol. The minimum atomic E-state index is -0.510. The molecule has 1 aromatic rings. The van der Waals surface area contributed by atoms with Gasteiger partial charge in [0.25, 0.3) is 5.91 Å². The molecule has 0 bridgehead atoms. The van der Waals surface area contributed by atoms with E-state index in [1.54, 1.807) is 16.8 Å². The number of nitrogens with zero attached hydrogens (tertiary/aromatic N) is 2. The fraction of sp³-hybridized carbons (Fsp3) is 0.529. The van der Waals surface area contributed by atoms with Gasteiger partial charge in [0.05, 0.1) is 6.04 Å². The highest BCUT2D eigenvalue weighted by Gasteiger charge is 2.33. The maximum atomic E-state index is 12.4. The standard InChI is InChI=1S/C17H24N2O3/c1-17(2,3)22-16(21)18(4)14-10-11-19(12-14)15(20)13-8-6-5-7-9-13/h5-9,14H,10-12H2,1-4H3. The maximum absolute atomic E-state index is 12.4. The van der Waals surface area contributed by atoms with E-state index in [4.69, 9.17) is 4.74 Å². The van der Waals surface area contributed by atoms with E-state index >= 15 is 0 Å². The van der Waals surface area contributed by atoms with Crippen LogP contribution in [0.1, 0.15) is 37.6 Å². The molecule has 1 unspecified atom stereocenters. The van der Waals surface area contributed by atoms with Crippen molar-refractivity contribution >= 4 is 12.0 Å². The lowest BCUT2D eigenvalue weighted by molar-refractivity contribution is 0.0226. The number of hydrogen-bond acceptors (Lipinski definition) is 3. The summed E-state index contributed by atoms with van der Waals surface area (Å²) in [6, 6.07) is 9.23. The van der Waals surface area contributed by atoms with Crippen molar-refractivity contribution in [3.63, 3.8) is 0 Å². The minimum absolute atomic E-state index is 0.00233. The van der Waals surface area contributed by atoms with Crippen molar-refractivity contribution in [2.75, 3.05) is 20.1 Å². The molecular formula is C17H24N2O3. The molecule has 2 rings (SSSR count). The van der Waals surface area contributed by atoms with Crippen LogP contribution in [0.2, 0.25) is 0 Å². The lowest BCUT2D eigenvalue weighted by Crippen LogP contribution is -2.42. The molecule has 1 aromatic carbocycles. The van der Waals surface area contributed by atoms with E-state index in [9.17, 15) is 9.59 Å². The molecule has 120 valence electrons. The molecule has 5 nitrogen and oxygen atoms in total. The topological polar surface area (TPSA) is 49.9 Å². The zero-order valence-electron chi connectivity index (χ0n) is 13.7. The Bertz CT molecular complexity index is 537. The number of ether oxygens (including phenoxy) is 1. The molecule has 0 aliphatic carbocycles. The van der Waals surface area contributed by atoms with Crippen LogP contribution < -0.4 is 0 Å². The summed E-state index contributed by atoms with van der Waals surface area (Å²) in [4.78, 5) is 27.9. The Balaban J connectivity index is 1.95. The third-order valence-electron chi connectivity index (χ3n) is 3.70. The monoisotopic (exact) mass is 304 g/mol. The van der Waals surface area contributed by atoms with Crippen molar-refractivity contribution in [1.82, 2.24) is 9.80 Å². The Hall–Kier alpha value is -2.04. The highest BCUT2D eigenvalue weighted by molar-refractivity contribution is 5.94. The average Bonchev–Trinajstić information content (AvgIpc) is 2.94. The lowest BCUT2D eigenvalue weighted by atomic mass is 10.2. The van der Waals surface area contributed by atoms with Gasteiger partial charge in [-0.25, -0.2) is 4.79 Å². The van der Waals surface area contributed by atoms with Gasteiger partial charge in [-0.1, -0.05) is 18.2 Å². The molecule has 22 heavy (non-hydrogen) atoms. The fourth-order valence-corrected chi connectivity index (χ4v) is 2.49. The van der Waals surface area contributed by atoms with E-state index < -0.39 is 5.60 Å². The number of carbonyl (C=O) groups excluding carboxylic acids is 2. The van der Waals surface area contributed by atoms with Gasteiger partial charge >= 0.3 is 6.09 Å². The van der Waals surface area contributed by atoms with Crippen LogP contribution in [0.15, 0.2) is 30.3 Å². The van der Waals surface area contributed by atoms with Crippen LogP contribution in [0.25, 0.3) is 0 Å². The van der Waals surface area contributed by atoms with Crippen LogP contribution in [0.4, 0.5) is 4.79 Å². The third-order valence-corrected chi connectivity index (χ3v) is 3.70. The molecule has 2 amide bonds. The fourth-order valence-electron chi connectivity index (χ4n) is 2.49. The third kappa shape index (κ3) is 4.00. The molecule has 1 heterocycles. The smallest absolute Gasteiger partial charge is 0.410 e. The molecule has 1 fully saturated rings. The molecule has 5 heteroatoms. The zero-order valence-corrected chi connectivity index (χ0v) is 13.7. The summed E-state index contributed by atoms with van der Waals surface area (Å²) in [6.07, 6.45) is 0.431. The second-order valence-electron chi connectivity index (χ2n) is 6.65. The quantitative estimate of drug-likeness (QED) is 0.844. The number of rotatable bonds is 2. The van der Waals surface area contributed by atoms with E-state index in [2.05, 4.69) is 0 Å². The summed E-state index contributed by atoms with van der Waals surface area (Å²) in [5.41, 5.74) is 0.173. The van der Waals surface area contributed by atoms with Crippen LogP contribution in [0.5, 0.6) is 0 Å². The van der Waals surface area contributed by atoms with Crippen LogP contribution in [-0.2, 0) is 4.74 Å². The van der Waals surface area contributed by atoms with Crippen molar-refractivity contribution in [1.29, 1.82) is 0 Å². The maximum Gasteiger partial charge on any atom is 0.410 e. The van der Waals surface area contributed by atoms with E-state index in [0.717, 1.165) is 6.42 Å². The second-order valence-corrected chi connectivity index (χ2v) is 6.65. The summed E-state index contributed by atoms with van der Waals surface area (Å²) in [7, 11) is 1.73. The molecule has 0 N–H and O–H groups in total. The molecule has 0 radical (unpaired) electrons. The van der Waals surface area contributed by atoms with Gasteiger partial charge in [-0.3, -0.25) is 4.79 Å². The Kier molecular flexibility index (Phi) is 4.74. The van der Waals surface area contributed by atoms with Crippen LogP contribution >= 0.6 is 0 Å². The van der Waals surface area contributed by atoms with Gasteiger partial charge in [0.2, 0.25) is 0 Å². The highest BCUT2D eigenvalue weighted by Crippen LogP contribution is 2.19. The Morgan fingerprint density at radius 2 is 1.86 bits per heavy atom. The van der Waals surface area contributed by atoms with Crippen molar-refractivity contribution in [2.24, 2.45) is 0 Å². The summed E-state index contributed by atoms with van der Waals surface area (Å²) >= 11 is 0. The van der Waals surface area contributed by atoms with Gasteiger partial charge in [-0.15, -0.1) is 0 Å². The number of amides is 2. The van der Waals surface area contributed by atoms with Gasteiger partial charge in [0.15, 0.2) is 0 Å². The second kappa shape index (κ2) is 6.38. The summed E-state index contributed by atoms with van der Waals surface area (Å²) in [5, 5.41) is 0. The van der Waals surface area contributed by atoms with Crippen molar-refractivity contribution in [2.45, 2.75) is 38.8 Å². The van der Waals surface area contributed by atoms with Gasteiger partial charge in [0, 0.05) is 25.7 Å². The number of carbonyl (C=O) groups is 2. The zero-order chi connectivity index (χ0) is 16.3. The molecule has 1 saturated heterocycles. The average molecular weight is 304 g/mol. The molecule has 0 spiro atoms. The largest absolute Gasteiger partial charge is 0.444 e. The molecule has 0 saturated carbocycles. The van der Waals surface area contributed by atoms with E-state index in [1.807, 2.05) is 51.1 Å². The summed E-state index contributed by atoms with van der Waals surface area (Å²) < 4.78 is 5.38. The Labute approximate surface area is 131 Å². The van der Waals surface area contributed by atoms with Gasteiger partial charge < -0.3 is 14.5 Å². The molecule has 1 atom stereocenters. The molecule has 1 aliphatic heterocycles. The first-order valence-corrected chi connectivity index (χ1v) is 7.58. The van der Waals surface area contributed by atoms with Crippen LogP contribution in [0, 0.1) is 0 Å². The summed E-state index contributed by atoms with van der Waals surface area (Å²) in [6.45, 7) is 6.74.